The Kier molecular flexibility index (Phi) is 2.88. The van der Waals surface area contributed by atoms with Gasteiger partial charge in [-0.2, -0.15) is 8.75 Å². The third-order valence-electron chi connectivity index (χ3n) is 2.10. The van der Waals surface area contributed by atoms with Crippen LogP contribution in [0.3, 0.4) is 0 Å². The summed E-state index contributed by atoms with van der Waals surface area (Å²) in [5, 5.41) is 19.7. The summed E-state index contributed by atoms with van der Waals surface area (Å²) in [6.45, 7) is -0.373. The van der Waals surface area contributed by atoms with Gasteiger partial charge in [0, 0.05) is 11.6 Å². The van der Waals surface area contributed by atoms with Crippen LogP contribution in [0.2, 0.25) is 0 Å². The maximum absolute atomic E-state index is 10.6. The summed E-state index contributed by atoms with van der Waals surface area (Å²) in [6, 6.07) is 4.50. The van der Waals surface area contributed by atoms with E-state index in [-0.39, 0.29) is 17.9 Å². The van der Waals surface area contributed by atoms with Gasteiger partial charge in [0.25, 0.3) is 5.69 Å². The number of aromatic nitrogens is 2. The second kappa shape index (κ2) is 4.33. The van der Waals surface area contributed by atoms with Crippen LogP contribution in [0.1, 0.15) is 5.56 Å². The van der Waals surface area contributed by atoms with E-state index in [0.29, 0.717) is 11.3 Å². The minimum atomic E-state index is -0.519. The summed E-state index contributed by atoms with van der Waals surface area (Å²) in [7, 11) is 0. The molecular formula is C9H7N3O3S. The molecule has 0 fully saturated rings. The summed E-state index contributed by atoms with van der Waals surface area (Å²) in [5.41, 5.74) is 1.54. The second-order valence-corrected chi connectivity index (χ2v) is 3.61. The van der Waals surface area contributed by atoms with Crippen LogP contribution in [0.4, 0.5) is 5.69 Å². The Hall–Kier alpha value is -1.86. The van der Waals surface area contributed by atoms with Crippen LogP contribution < -0.4 is 0 Å². The zero-order valence-electron chi connectivity index (χ0n) is 8.03. The molecule has 0 atom stereocenters. The molecule has 2 rings (SSSR count). The topological polar surface area (TPSA) is 89.2 Å². The van der Waals surface area contributed by atoms with Gasteiger partial charge in [-0.3, -0.25) is 10.1 Å². The first kappa shape index (κ1) is 10.7. The number of aliphatic hydroxyl groups excluding tert-OH is 1. The van der Waals surface area contributed by atoms with E-state index in [0.717, 1.165) is 11.7 Å². The molecule has 0 spiro atoms. The van der Waals surface area contributed by atoms with E-state index in [1.165, 1.54) is 6.07 Å². The highest BCUT2D eigenvalue weighted by atomic mass is 32.1. The average Bonchev–Trinajstić information content (AvgIpc) is 2.81. The van der Waals surface area contributed by atoms with Crippen molar-refractivity contribution in [1.29, 1.82) is 0 Å². The van der Waals surface area contributed by atoms with Gasteiger partial charge < -0.3 is 5.11 Å². The maximum atomic E-state index is 10.6. The lowest BCUT2D eigenvalue weighted by molar-refractivity contribution is -0.385. The summed E-state index contributed by atoms with van der Waals surface area (Å²) in [6.07, 6.45) is 1.58. The number of aliphatic hydroxyl groups is 1. The standard InChI is InChI=1S/C9H7N3O3S/c13-5-7-3-6(8-4-10-16-11-8)1-2-9(7)12(14)15/h1-4,13H,5H2. The Labute approximate surface area is 94.7 Å². The molecule has 0 saturated heterocycles. The molecule has 1 heterocycles. The largest absolute Gasteiger partial charge is 0.391 e. The van der Waals surface area contributed by atoms with Crippen LogP contribution in [0.25, 0.3) is 11.3 Å². The Morgan fingerprint density at radius 2 is 2.31 bits per heavy atom. The smallest absolute Gasteiger partial charge is 0.274 e. The van der Waals surface area contributed by atoms with Crippen LogP contribution in [0, 0.1) is 10.1 Å². The normalized spacial score (nSPS) is 10.3. The lowest BCUT2D eigenvalue weighted by atomic mass is 10.1. The van der Waals surface area contributed by atoms with Gasteiger partial charge >= 0.3 is 0 Å². The maximum Gasteiger partial charge on any atom is 0.274 e. The fourth-order valence-electron chi connectivity index (χ4n) is 1.34. The van der Waals surface area contributed by atoms with E-state index >= 15 is 0 Å². The van der Waals surface area contributed by atoms with Gasteiger partial charge in [0.15, 0.2) is 0 Å². The Morgan fingerprint density at radius 1 is 1.50 bits per heavy atom. The van der Waals surface area contributed by atoms with Crippen molar-refractivity contribution >= 4 is 17.4 Å². The Bertz CT molecular complexity index is 513. The van der Waals surface area contributed by atoms with Gasteiger partial charge in [0.1, 0.15) is 5.69 Å². The van der Waals surface area contributed by atoms with E-state index < -0.39 is 4.92 Å². The molecule has 0 aliphatic rings. The molecular weight excluding hydrogens is 230 g/mol. The zero-order chi connectivity index (χ0) is 11.5. The molecule has 0 amide bonds. The molecule has 0 unspecified atom stereocenters. The molecule has 1 aromatic carbocycles. The van der Waals surface area contributed by atoms with E-state index in [2.05, 4.69) is 8.75 Å². The minimum Gasteiger partial charge on any atom is -0.391 e. The fraction of sp³-hybridized carbons (Fsp3) is 0.111. The van der Waals surface area contributed by atoms with Crippen molar-refractivity contribution in [2.45, 2.75) is 6.61 Å². The molecule has 0 bridgehead atoms. The third kappa shape index (κ3) is 1.90. The molecule has 0 radical (unpaired) electrons. The summed E-state index contributed by atoms with van der Waals surface area (Å²) in [4.78, 5) is 10.1. The highest BCUT2D eigenvalue weighted by molar-refractivity contribution is 6.99. The first-order valence-electron chi connectivity index (χ1n) is 4.38. The lowest BCUT2D eigenvalue weighted by Crippen LogP contribution is -1.95. The first-order chi connectivity index (χ1) is 7.72. The minimum absolute atomic E-state index is 0.0885. The summed E-state index contributed by atoms with van der Waals surface area (Å²) >= 11 is 1.06. The SMILES string of the molecule is O=[N+]([O-])c1ccc(-c2cnsn2)cc1CO. The van der Waals surface area contributed by atoms with E-state index in [1.54, 1.807) is 18.3 Å². The number of hydrogen-bond donors (Lipinski definition) is 1. The van der Waals surface area contributed by atoms with Crippen LogP contribution in [0.5, 0.6) is 0 Å². The quantitative estimate of drug-likeness (QED) is 0.647. The number of hydrogen-bond acceptors (Lipinski definition) is 6. The lowest BCUT2D eigenvalue weighted by Gasteiger charge is -2.01. The molecule has 6 nitrogen and oxygen atoms in total. The van der Waals surface area contributed by atoms with Gasteiger partial charge in [0.05, 0.1) is 35.0 Å². The monoisotopic (exact) mass is 237 g/mol. The van der Waals surface area contributed by atoms with Crippen molar-refractivity contribution in [2.75, 3.05) is 0 Å². The molecule has 0 saturated carbocycles. The van der Waals surface area contributed by atoms with Crippen molar-refractivity contribution in [3.63, 3.8) is 0 Å². The van der Waals surface area contributed by atoms with Crippen LogP contribution >= 0.6 is 11.7 Å². The van der Waals surface area contributed by atoms with Crippen LogP contribution in [0.15, 0.2) is 24.4 Å². The van der Waals surface area contributed by atoms with Crippen molar-refractivity contribution in [1.82, 2.24) is 8.75 Å². The number of rotatable bonds is 3. The van der Waals surface area contributed by atoms with E-state index in [4.69, 9.17) is 5.11 Å². The van der Waals surface area contributed by atoms with Crippen LogP contribution in [-0.2, 0) is 6.61 Å². The van der Waals surface area contributed by atoms with Crippen molar-refractivity contribution in [3.05, 3.63) is 40.1 Å². The van der Waals surface area contributed by atoms with Crippen LogP contribution in [-0.4, -0.2) is 18.8 Å². The van der Waals surface area contributed by atoms with Crippen molar-refractivity contribution in [3.8, 4) is 11.3 Å². The predicted molar refractivity (Wildman–Crippen MR) is 57.9 cm³/mol. The van der Waals surface area contributed by atoms with E-state index in [9.17, 15) is 10.1 Å². The molecule has 0 aliphatic carbocycles. The van der Waals surface area contributed by atoms with Gasteiger partial charge in [0.2, 0.25) is 0 Å². The number of nitro benzene ring substituents is 1. The highest BCUT2D eigenvalue weighted by Gasteiger charge is 2.14. The molecule has 1 aromatic heterocycles. The molecule has 1 N–H and O–H groups in total. The molecule has 2 aromatic rings. The Balaban J connectivity index is 2.49. The first-order valence-corrected chi connectivity index (χ1v) is 5.11. The highest BCUT2D eigenvalue weighted by Crippen LogP contribution is 2.25. The molecule has 82 valence electrons. The number of benzene rings is 1. The summed E-state index contributed by atoms with van der Waals surface area (Å²) in [5.74, 6) is 0. The molecule has 7 heteroatoms. The summed E-state index contributed by atoms with van der Waals surface area (Å²) < 4.78 is 7.86. The van der Waals surface area contributed by atoms with Crippen molar-refractivity contribution in [2.24, 2.45) is 0 Å². The average molecular weight is 237 g/mol. The molecule has 16 heavy (non-hydrogen) atoms. The van der Waals surface area contributed by atoms with Gasteiger partial charge in [-0.05, 0) is 12.1 Å². The van der Waals surface area contributed by atoms with Gasteiger partial charge in [-0.15, -0.1) is 0 Å². The molecule has 0 aliphatic heterocycles. The number of nitrogens with zero attached hydrogens (tertiary/aromatic N) is 3. The van der Waals surface area contributed by atoms with Gasteiger partial charge in [-0.1, -0.05) is 0 Å². The fourth-order valence-corrected chi connectivity index (χ4v) is 1.78. The second-order valence-electron chi connectivity index (χ2n) is 3.05. The van der Waals surface area contributed by atoms with Gasteiger partial charge in [-0.25, -0.2) is 0 Å². The predicted octanol–water partition coefficient (Wildman–Crippen LogP) is 1.61. The van der Waals surface area contributed by atoms with E-state index in [1.807, 2.05) is 0 Å². The third-order valence-corrected chi connectivity index (χ3v) is 2.58. The van der Waals surface area contributed by atoms with Crippen molar-refractivity contribution < 1.29 is 10.0 Å². The zero-order valence-corrected chi connectivity index (χ0v) is 8.85. The number of nitro groups is 1. The Morgan fingerprint density at radius 3 is 2.88 bits per heavy atom.